The first-order valence-electron chi connectivity index (χ1n) is 8.62. The second-order valence-corrected chi connectivity index (χ2v) is 8.30. The highest BCUT2D eigenvalue weighted by atomic mass is 32.2. The molecule has 0 radical (unpaired) electrons. The van der Waals surface area contributed by atoms with Gasteiger partial charge >= 0.3 is 5.97 Å². The summed E-state index contributed by atoms with van der Waals surface area (Å²) in [5.74, 6) is -1.11. The molecule has 0 amide bonds. The Balaban J connectivity index is 2.28. The second kappa shape index (κ2) is 7.99. The fraction of sp³-hybridized carbons (Fsp3) is 0.444. The summed E-state index contributed by atoms with van der Waals surface area (Å²) in [6, 6.07) is 4.42. The minimum absolute atomic E-state index is 0.0224. The predicted molar refractivity (Wildman–Crippen MR) is 106 cm³/mol. The zero-order valence-corrected chi connectivity index (χ0v) is 17.1. The Bertz CT molecular complexity index is 951. The lowest BCUT2D eigenvalue weighted by Crippen LogP contribution is -2.23. The first-order chi connectivity index (χ1) is 12.5. The number of anilines is 2. The van der Waals surface area contributed by atoms with Gasteiger partial charge in [-0.2, -0.15) is 5.10 Å². The molecule has 9 heteroatoms. The van der Waals surface area contributed by atoms with Crippen LogP contribution in [0.4, 0.5) is 11.4 Å². The van der Waals surface area contributed by atoms with Crippen molar-refractivity contribution in [3.05, 3.63) is 40.7 Å². The second-order valence-electron chi connectivity index (χ2n) is 6.55. The van der Waals surface area contributed by atoms with Gasteiger partial charge < -0.3 is 10.0 Å². The summed E-state index contributed by atoms with van der Waals surface area (Å²) in [5.41, 5.74) is 4.16. The summed E-state index contributed by atoms with van der Waals surface area (Å²) in [6.45, 7) is 7.50. The molecule has 0 aliphatic carbocycles. The maximum Gasteiger partial charge on any atom is 0.335 e. The zero-order valence-electron chi connectivity index (χ0n) is 16.3. The largest absolute Gasteiger partial charge is 0.478 e. The molecule has 0 aliphatic heterocycles. The van der Waals surface area contributed by atoms with Gasteiger partial charge in [-0.1, -0.05) is 0 Å². The molecular weight excluding hydrogens is 368 g/mol. The van der Waals surface area contributed by atoms with E-state index in [9.17, 15) is 18.3 Å². The van der Waals surface area contributed by atoms with Crippen LogP contribution in [0.3, 0.4) is 0 Å². The molecule has 27 heavy (non-hydrogen) atoms. The van der Waals surface area contributed by atoms with Gasteiger partial charge in [0.2, 0.25) is 10.0 Å². The Hall–Kier alpha value is -2.55. The average molecular weight is 394 g/mol. The number of hydrogen-bond donors (Lipinski definition) is 2. The predicted octanol–water partition coefficient (Wildman–Crippen LogP) is 2.27. The number of hydrogen-bond acceptors (Lipinski definition) is 5. The molecule has 8 nitrogen and oxygen atoms in total. The molecule has 0 atom stereocenters. The SMILES string of the molecule is CCn1nc(C)c(CCN(C)c2ccc(C(=O)O)cc2NS(C)(=O)=O)c1C. The van der Waals surface area contributed by atoms with Crippen LogP contribution < -0.4 is 9.62 Å². The Morgan fingerprint density at radius 3 is 2.52 bits per heavy atom. The molecule has 0 fully saturated rings. The number of carboxylic acid groups (broad SMARTS) is 1. The summed E-state index contributed by atoms with van der Waals surface area (Å²) < 4.78 is 27.7. The average Bonchev–Trinajstić information content (AvgIpc) is 2.84. The van der Waals surface area contributed by atoms with E-state index in [1.807, 2.05) is 37.4 Å². The van der Waals surface area contributed by atoms with Crippen LogP contribution in [0, 0.1) is 13.8 Å². The Kier molecular flexibility index (Phi) is 6.15. The number of aromatic nitrogens is 2. The van der Waals surface area contributed by atoms with E-state index in [-0.39, 0.29) is 11.3 Å². The van der Waals surface area contributed by atoms with Crippen LogP contribution in [0.2, 0.25) is 0 Å². The molecule has 0 saturated carbocycles. The van der Waals surface area contributed by atoms with Crippen molar-refractivity contribution < 1.29 is 18.3 Å². The number of rotatable bonds is 8. The van der Waals surface area contributed by atoms with E-state index >= 15 is 0 Å². The molecule has 2 aromatic rings. The van der Waals surface area contributed by atoms with Crippen molar-refractivity contribution >= 4 is 27.4 Å². The first kappa shape index (κ1) is 20.8. The lowest BCUT2D eigenvalue weighted by molar-refractivity contribution is 0.0697. The van der Waals surface area contributed by atoms with Crippen molar-refractivity contribution in [2.45, 2.75) is 33.7 Å². The molecule has 148 valence electrons. The molecule has 0 unspecified atom stereocenters. The third kappa shape index (κ3) is 5.00. The van der Waals surface area contributed by atoms with Crippen LogP contribution in [0.5, 0.6) is 0 Å². The minimum Gasteiger partial charge on any atom is -0.478 e. The van der Waals surface area contributed by atoms with E-state index in [1.165, 1.54) is 17.7 Å². The van der Waals surface area contributed by atoms with Crippen molar-refractivity contribution in [2.75, 3.05) is 29.5 Å². The van der Waals surface area contributed by atoms with Gasteiger partial charge in [-0.25, -0.2) is 13.2 Å². The van der Waals surface area contributed by atoms with Gasteiger partial charge in [0.15, 0.2) is 0 Å². The number of nitrogens with zero attached hydrogens (tertiary/aromatic N) is 3. The van der Waals surface area contributed by atoms with E-state index < -0.39 is 16.0 Å². The summed E-state index contributed by atoms with van der Waals surface area (Å²) in [6.07, 6.45) is 1.78. The fourth-order valence-corrected chi connectivity index (χ4v) is 3.65. The maximum atomic E-state index is 11.7. The molecule has 1 aromatic heterocycles. The lowest BCUT2D eigenvalue weighted by Gasteiger charge is -2.23. The topological polar surface area (TPSA) is 105 Å². The third-order valence-electron chi connectivity index (χ3n) is 4.48. The van der Waals surface area contributed by atoms with Gasteiger partial charge in [0.25, 0.3) is 0 Å². The molecule has 2 N–H and O–H groups in total. The zero-order chi connectivity index (χ0) is 20.4. The minimum atomic E-state index is -3.54. The summed E-state index contributed by atoms with van der Waals surface area (Å²) in [4.78, 5) is 13.1. The van der Waals surface area contributed by atoms with Gasteiger partial charge in [-0.15, -0.1) is 0 Å². The first-order valence-corrected chi connectivity index (χ1v) is 10.5. The Morgan fingerprint density at radius 1 is 1.33 bits per heavy atom. The van der Waals surface area contributed by atoms with Crippen LogP contribution in [-0.2, 0) is 23.0 Å². The van der Waals surface area contributed by atoms with Crippen LogP contribution in [0.1, 0.15) is 34.2 Å². The summed E-state index contributed by atoms with van der Waals surface area (Å²) in [7, 11) is -1.69. The third-order valence-corrected chi connectivity index (χ3v) is 5.07. The monoisotopic (exact) mass is 394 g/mol. The quantitative estimate of drug-likeness (QED) is 0.712. The molecule has 0 spiro atoms. The van der Waals surface area contributed by atoms with E-state index in [2.05, 4.69) is 9.82 Å². The van der Waals surface area contributed by atoms with Crippen LogP contribution in [-0.4, -0.2) is 49.1 Å². The lowest BCUT2D eigenvalue weighted by atomic mass is 10.1. The molecule has 0 saturated heterocycles. The number of aryl methyl sites for hydroxylation is 2. The molecular formula is C18H26N4O4S. The number of sulfonamides is 1. The number of benzene rings is 1. The van der Waals surface area contributed by atoms with Crippen molar-refractivity contribution in [2.24, 2.45) is 0 Å². The smallest absolute Gasteiger partial charge is 0.335 e. The summed E-state index contributed by atoms with van der Waals surface area (Å²) in [5, 5.41) is 13.7. The van der Waals surface area contributed by atoms with E-state index in [1.54, 1.807) is 6.07 Å². The van der Waals surface area contributed by atoms with Crippen molar-refractivity contribution in [3.8, 4) is 0 Å². The number of aromatic carboxylic acids is 1. The number of carboxylic acids is 1. The molecule has 1 aromatic carbocycles. The van der Waals surface area contributed by atoms with Crippen molar-refractivity contribution in [1.29, 1.82) is 0 Å². The van der Waals surface area contributed by atoms with Gasteiger partial charge in [0.05, 0.1) is 28.9 Å². The van der Waals surface area contributed by atoms with Crippen LogP contribution in [0.25, 0.3) is 0 Å². The molecule has 2 rings (SSSR count). The van der Waals surface area contributed by atoms with Gasteiger partial charge in [0, 0.05) is 25.8 Å². The fourth-order valence-electron chi connectivity index (χ4n) is 3.09. The Morgan fingerprint density at radius 2 is 2.00 bits per heavy atom. The molecule has 0 aliphatic rings. The number of likely N-dealkylation sites (N-methyl/N-ethyl adjacent to an activating group) is 1. The number of carbonyl (C=O) groups is 1. The highest BCUT2D eigenvalue weighted by Gasteiger charge is 2.16. The van der Waals surface area contributed by atoms with Crippen molar-refractivity contribution in [3.63, 3.8) is 0 Å². The van der Waals surface area contributed by atoms with Crippen molar-refractivity contribution in [1.82, 2.24) is 9.78 Å². The summed E-state index contributed by atoms with van der Waals surface area (Å²) >= 11 is 0. The highest BCUT2D eigenvalue weighted by Crippen LogP contribution is 2.28. The van der Waals surface area contributed by atoms with Gasteiger partial charge in [-0.05, 0) is 51.0 Å². The van der Waals surface area contributed by atoms with Gasteiger partial charge in [0.1, 0.15) is 0 Å². The highest BCUT2D eigenvalue weighted by molar-refractivity contribution is 7.92. The van der Waals surface area contributed by atoms with Crippen LogP contribution >= 0.6 is 0 Å². The van der Waals surface area contributed by atoms with Gasteiger partial charge in [-0.3, -0.25) is 9.40 Å². The van der Waals surface area contributed by atoms with E-state index in [0.29, 0.717) is 12.2 Å². The molecule has 0 bridgehead atoms. The maximum absolute atomic E-state index is 11.7. The number of nitrogens with one attached hydrogen (secondary N) is 1. The van der Waals surface area contributed by atoms with Crippen LogP contribution in [0.15, 0.2) is 18.2 Å². The normalized spacial score (nSPS) is 11.4. The Labute approximate surface area is 159 Å². The van der Waals surface area contributed by atoms with E-state index in [0.717, 1.165) is 30.6 Å². The van der Waals surface area contributed by atoms with E-state index in [4.69, 9.17) is 0 Å². The molecule has 1 heterocycles. The standard InChI is InChI=1S/C18H26N4O4S/c1-6-22-13(3)15(12(2)19-22)9-10-21(4)17-8-7-14(18(23)24)11-16(17)20-27(5,25)26/h7-8,11,20H,6,9-10H2,1-5H3,(H,23,24).